The van der Waals surface area contributed by atoms with Gasteiger partial charge >= 0.3 is 0 Å². The van der Waals surface area contributed by atoms with Crippen molar-refractivity contribution in [1.29, 1.82) is 0 Å². The van der Waals surface area contributed by atoms with Crippen molar-refractivity contribution in [1.82, 2.24) is 9.80 Å². The lowest BCUT2D eigenvalue weighted by molar-refractivity contribution is 0.101. The highest BCUT2D eigenvalue weighted by molar-refractivity contribution is 4.90. The van der Waals surface area contributed by atoms with Crippen LogP contribution >= 0.6 is 0 Å². The van der Waals surface area contributed by atoms with Gasteiger partial charge in [-0.25, -0.2) is 0 Å². The number of fused-ring (bicyclic) bond motifs is 1. The molecule has 0 aromatic rings. The Bertz CT molecular complexity index is 163. The van der Waals surface area contributed by atoms with E-state index >= 15 is 0 Å². The van der Waals surface area contributed by atoms with E-state index in [-0.39, 0.29) is 0 Å². The van der Waals surface area contributed by atoms with Crippen LogP contribution in [0.4, 0.5) is 0 Å². The van der Waals surface area contributed by atoms with Gasteiger partial charge in [0.2, 0.25) is 0 Å². The first-order chi connectivity index (χ1) is 5.79. The zero-order valence-electron chi connectivity index (χ0n) is 7.99. The third kappa shape index (κ3) is 1.49. The predicted octanol–water partition coefficient (Wildman–Crippen LogP) is 0.0211. The number of hydrogen-bond acceptors (Lipinski definition) is 3. The topological polar surface area (TPSA) is 15.7 Å². The monoisotopic (exact) mass is 170 g/mol. The molecule has 0 amide bonds. The number of ether oxygens (including phenoxy) is 1. The van der Waals surface area contributed by atoms with Gasteiger partial charge in [-0.1, -0.05) is 0 Å². The van der Waals surface area contributed by atoms with Gasteiger partial charge in [0.1, 0.15) is 0 Å². The average molecular weight is 170 g/mol. The van der Waals surface area contributed by atoms with E-state index in [4.69, 9.17) is 4.74 Å². The molecule has 0 saturated carbocycles. The van der Waals surface area contributed by atoms with Crippen molar-refractivity contribution in [3.63, 3.8) is 0 Å². The molecule has 3 nitrogen and oxygen atoms in total. The van der Waals surface area contributed by atoms with Crippen LogP contribution in [0.2, 0.25) is 0 Å². The molecular formula is C9H18N2O. The molecule has 0 bridgehead atoms. The molecule has 0 aromatic heterocycles. The standard InChI is InChI=1S/C9H18N2O/c1-10-3-4-11-7-9(12-2)5-8(11)6-10/h8-9H,3-7H2,1-2H3/t8-,9+/m0/s1. The number of hydrogen-bond donors (Lipinski definition) is 0. The van der Waals surface area contributed by atoms with Crippen molar-refractivity contribution in [2.24, 2.45) is 0 Å². The summed E-state index contributed by atoms with van der Waals surface area (Å²) in [7, 11) is 4.03. The van der Waals surface area contributed by atoms with Crippen molar-refractivity contribution >= 4 is 0 Å². The Morgan fingerprint density at radius 1 is 1.25 bits per heavy atom. The fourth-order valence-corrected chi connectivity index (χ4v) is 2.32. The van der Waals surface area contributed by atoms with Crippen molar-refractivity contribution in [3.8, 4) is 0 Å². The maximum absolute atomic E-state index is 5.38. The predicted molar refractivity (Wildman–Crippen MR) is 48.3 cm³/mol. The molecule has 2 aliphatic rings. The fraction of sp³-hybridized carbons (Fsp3) is 1.00. The smallest absolute Gasteiger partial charge is 0.0713 e. The van der Waals surface area contributed by atoms with Crippen LogP contribution in [0.15, 0.2) is 0 Å². The molecule has 0 aliphatic carbocycles. The van der Waals surface area contributed by atoms with Gasteiger partial charge in [-0.3, -0.25) is 4.90 Å². The van der Waals surface area contributed by atoms with E-state index in [2.05, 4.69) is 16.8 Å². The number of piperazine rings is 1. The number of nitrogens with zero attached hydrogens (tertiary/aromatic N) is 2. The molecular weight excluding hydrogens is 152 g/mol. The first-order valence-corrected chi connectivity index (χ1v) is 4.75. The van der Waals surface area contributed by atoms with Crippen molar-refractivity contribution in [3.05, 3.63) is 0 Å². The van der Waals surface area contributed by atoms with Gasteiger partial charge in [0, 0.05) is 39.3 Å². The second-order valence-electron chi connectivity index (χ2n) is 4.00. The molecule has 2 saturated heterocycles. The van der Waals surface area contributed by atoms with Gasteiger partial charge in [-0.05, 0) is 13.5 Å². The molecule has 0 aromatic carbocycles. The lowest BCUT2D eigenvalue weighted by Crippen LogP contribution is -2.48. The second kappa shape index (κ2) is 3.32. The van der Waals surface area contributed by atoms with Gasteiger partial charge in [0.05, 0.1) is 6.10 Å². The molecule has 70 valence electrons. The van der Waals surface area contributed by atoms with Gasteiger partial charge in [-0.2, -0.15) is 0 Å². The molecule has 2 rings (SSSR count). The quantitative estimate of drug-likeness (QED) is 0.552. The lowest BCUT2D eigenvalue weighted by Gasteiger charge is -2.34. The Morgan fingerprint density at radius 3 is 2.83 bits per heavy atom. The van der Waals surface area contributed by atoms with Gasteiger partial charge in [-0.15, -0.1) is 0 Å². The second-order valence-corrected chi connectivity index (χ2v) is 4.00. The van der Waals surface area contributed by atoms with Crippen molar-refractivity contribution in [2.75, 3.05) is 40.3 Å². The molecule has 3 heteroatoms. The molecule has 2 atom stereocenters. The summed E-state index contributed by atoms with van der Waals surface area (Å²) >= 11 is 0. The summed E-state index contributed by atoms with van der Waals surface area (Å²) < 4.78 is 5.38. The number of likely N-dealkylation sites (N-methyl/N-ethyl adjacent to an activating group) is 1. The van der Waals surface area contributed by atoms with Gasteiger partial charge < -0.3 is 9.64 Å². The largest absolute Gasteiger partial charge is 0.380 e. The maximum atomic E-state index is 5.38. The third-order valence-corrected chi connectivity index (χ3v) is 3.11. The molecule has 2 aliphatic heterocycles. The molecule has 0 N–H and O–H groups in total. The molecule has 0 radical (unpaired) electrons. The minimum atomic E-state index is 0.488. The van der Waals surface area contributed by atoms with Crippen LogP contribution in [0.1, 0.15) is 6.42 Å². The Labute approximate surface area is 74.3 Å². The van der Waals surface area contributed by atoms with Crippen LogP contribution in [0.25, 0.3) is 0 Å². The zero-order valence-corrected chi connectivity index (χ0v) is 7.99. The van der Waals surface area contributed by atoms with Crippen LogP contribution in [0, 0.1) is 0 Å². The van der Waals surface area contributed by atoms with Crippen LogP contribution in [0.3, 0.4) is 0 Å². The Morgan fingerprint density at radius 2 is 2.08 bits per heavy atom. The SMILES string of the molecule is CO[C@@H]1C[C@H]2CN(C)CCN2C1. The van der Waals surface area contributed by atoms with E-state index in [1.54, 1.807) is 0 Å². The Balaban J connectivity index is 1.93. The van der Waals surface area contributed by atoms with Crippen molar-refractivity contribution in [2.45, 2.75) is 18.6 Å². The van der Waals surface area contributed by atoms with Crippen molar-refractivity contribution < 1.29 is 4.74 Å². The van der Waals surface area contributed by atoms with Gasteiger partial charge in [0.25, 0.3) is 0 Å². The Hall–Kier alpha value is -0.120. The zero-order chi connectivity index (χ0) is 8.55. The van der Waals surface area contributed by atoms with Crippen LogP contribution in [0.5, 0.6) is 0 Å². The summed E-state index contributed by atoms with van der Waals surface area (Å²) in [5.41, 5.74) is 0. The molecule has 0 spiro atoms. The molecule has 12 heavy (non-hydrogen) atoms. The summed E-state index contributed by atoms with van der Waals surface area (Å²) in [6.07, 6.45) is 1.71. The van der Waals surface area contributed by atoms with E-state index in [0.717, 1.165) is 12.6 Å². The Kier molecular flexibility index (Phi) is 2.35. The van der Waals surface area contributed by atoms with E-state index in [1.165, 1.54) is 26.1 Å². The number of methoxy groups -OCH3 is 1. The molecule has 2 fully saturated rings. The molecule has 2 heterocycles. The minimum absolute atomic E-state index is 0.488. The van der Waals surface area contributed by atoms with E-state index in [1.807, 2.05) is 7.11 Å². The highest BCUT2D eigenvalue weighted by Gasteiger charge is 2.34. The molecule has 0 unspecified atom stereocenters. The summed E-state index contributed by atoms with van der Waals surface area (Å²) in [6.45, 7) is 4.81. The summed E-state index contributed by atoms with van der Waals surface area (Å²) in [5, 5.41) is 0. The highest BCUT2D eigenvalue weighted by atomic mass is 16.5. The summed E-state index contributed by atoms with van der Waals surface area (Å²) in [6, 6.07) is 0.758. The normalized spacial score (nSPS) is 38.5. The van der Waals surface area contributed by atoms with E-state index < -0.39 is 0 Å². The van der Waals surface area contributed by atoms with Crippen LogP contribution in [-0.4, -0.2) is 62.3 Å². The summed E-state index contributed by atoms with van der Waals surface area (Å²) in [4.78, 5) is 4.98. The van der Waals surface area contributed by atoms with Crippen LogP contribution < -0.4 is 0 Å². The first-order valence-electron chi connectivity index (χ1n) is 4.75. The van der Waals surface area contributed by atoms with E-state index in [9.17, 15) is 0 Å². The minimum Gasteiger partial charge on any atom is -0.380 e. The maximum Gasteiger partial charge on any atom is 0.0713 e. The first kappa shape index (κ1) is 8.48. The van der Waals surface area contributed by atoms with Gasteiger partial charge in [0.15, 0.2) is 0 Å². The van der Waals surface area contributed by atoms with Crippen LogP contribution in [-0.2, 0) is 4.74 Å². The third-order valence-electron chi connectivity index (χ3n) is 3.11. The number of rotatable bonds is 1. The summed E-state index contributed by atoms with van der Waals surface area (Å²) in [5.74, 6) is 0. The van der Waals surface area contributed by atoms with E-state index in [0.29, 0.717) is 6.10 Å². The fourth-order valence-electron chi connectivity index (χ4n) is 2.32. The lowest BCUT2D eigenvalue weighted by atomic mass is 10.1. The highest BCUT2D eigenvalue weighted by Crippen LogP contribution is 2.22. The average Bonchev–Trinajstić information content (AvgIpc) is 2.46.